The Kier molecular flexibility index (Phi) is 7.47. The van der Waals surface area contributed by atoms with Gasteiger partial charge >= 0.3 is 0 Å². The zero-order valence-electron chi connectivity index (χ0n) is 16.2. The van der Waals surface area contributed by atoms with E-state index in [4.69, 9.17) is 11.6 Å². The van der Waals surface area contributed by atoms with E-state index in [-0.39, 0.29) is 12.4 Å². The summed E-state index contributed by atoms with van der Waals surface area (Å²) in [7, 11) is 0. The van der Waals surface area contributed by atoms with Crippen LogP contribution in [0, 0.1) is 5.82 Å². The molecule has 2 N–H and O–H groups in total. The molecule has 3 rings (SSSR count). The van der Waals surface area contributed by atoms with E-state index < -0.39 is 11.8 Å². The highest BCUT2D eigenvalue weighted by molar-refractivity contribution is 6.33. The van der Waals surface area contributed by atoms with Crippen LogP contribution in [0.2, 0.25) is 5.02 Å². The molecule has 1 saturated heterocycles. The van der Waals surface area contributed by atoms with Gasteiger partial charge in [0.25, 0.3) is 5.91 Å². The Labute approximate surface area is 175 Å². The van der Waals surface area contributed by atoms with E-state index in [1.54, 1.807) is 36.4 Å². The number of hydrogen-bond acceptors (Lipinski definition) is 3. The van der Waals surface area contributed by atoms with Crippen molar-refractivity contribution in [1.29, 1.82) is 0 Å². The molecule has 1 aliphatic heterocycles. The number of nitrogens with zero attached hydrogens (tertiary/aromatic N) is 1. The molecule has 154 valence electrons. The van der Waals surface area contributed by atoms with Gasteiger partial charge in [0, 0.05) is 18.8 Å². The Morgan fingerprint density at radius 3 is 2.38 bits per heavy atom. The normalized spacial score (nSPS) is 14.6. The molecule has 0 bridgehead atoms. The molecule has 1 heterocycles. The topological polar surface area (TPSA) is 61.4 Å². The number of carbonyl (C=O) groups excluding carboxylic acids is 2. The molecule has 29 heavy (non-hydrogen) atoms. The highest BCUT2D eigenvalue weighted by atomic mass is 35.5. The summed E-state index contributed by atoms with van der Waals surface area (Å²) >= 11 is 5.97. The fraction of sp³-hybridized carbons (Fsp3) is 0.364. The standard InChI is InChI=1S/C22H25ClFN3O2/c23-18-9-5-4-8-17(18)22(29)25-15-21(28)26-16-10-11-20(19(24)14-16)27-12-6-2-1-3-7-13-27/h4-5,8-11,14H,1-3,6-7,12-13,15H2,(H,25,29)(H,26,28). The third-order valence-electron chi connectivity index (χ3n) is 4.96. The summed E-state index contributed by atoms with van der Waals surface area (Å²) in [5.74, 6) is -1.24. The van der Waals surface area contributed by atoms with Crippen LogP contribution in [0.15, 0.2) is 42.5 Å². The van der Waals surface area contributed by atoms with Gasteiger partial charge in [0.05, 0.1) is 22.8 Å². The van der Waals surface area contributed by atoms with Gasteiger partial charge in [0.15, 0.2) is 0 Å². The van der Waals surface area contributed by atoms with Gasteiger partial charge in [0.2, 0.25) is 5.91 Å². The van der Waals surface area contributed by atoms with Crippen molar-refractivity contribution in [2.45, 2.75) is 32.1 Å². The Hall–Kier alpha value is -2.60. The second-order valence-electron chi connectivity index (χ2n) is 7.13. The fourth-order valence-corrected chi connectivity index (χ4v) is 3.66. The molecule has 7 heteroatoms. The molecule has 1 fully saturated rings. The van der Waals surface area contributed by atoms with Crippen molar-refractivity contribution >= 4 is 34.8 Å². The molecular weight excluding hydrogens is 393 g/mol. The van der Waals surface area contributed by atoms with Crippen molar-refractivity contribution in [1.82, 2.24) is 5.32 Å². The highest BCUT2D eigenvalue weighted by Crippen LogP contribution is 2.25. The average molecular weight is 418 g/mol. The highest BCUT2D eigenvalue weighted by Gasteiger charge is 2.15. The van der Waals surface area contributed by atoms with Gasteiger partial charge in [-0.3, -0.25) is 9.59 Å². The fourth-order valence-electron chi connectivity index (χ4n) is 3.44. The Morgan fingerprint density at radius 2 is 1.69 bits per heavy atom. The van der Waals surface area contributed by atoms with Crippen molar-refractivity contribution in [2.24, 2.45) is 0 Å². The molecule has 0 radical (unpaired) electrons. The van der Waals surface area contributed by atoms with Crippen LogP contribution in [-0.4, -0.2) is 31.4 Å². The lowest BCUT2D eigenvalue weighted by Gasteiger charge is -2.27. The number of carbonyl (C=O) groups is 2. The summed E-state index contributed by atoms with van der Waals surface area (Å²) in [6.45, 7) is 1.45. The summed E-state index contributed by atoms with van der Waals surface area (Å²) < 4.78 is 14.6. The van der Waals surface area contributed by atoms with Gasteiger partial charge in [0.1, 0.15) is 5.82 Å². The maximum atomic E-state index is 14.6. The Balaban J connectivity index is 1.56. The Bertz CT molecular complexity index is 867. The smallest absolute Gasteiger partial charge is 0.253 e. The maximum Gasteiger partial charge on any atom is 0.253 e. The molecule has 0 saturated carbocycles. The molecule has 0 unspecified atom stereocenters. The number of amides is 2. The summed E-state index contributed by atoms with van der Waals surface area (Å²) in [5, 5.41) is 5.44. The minimum absolute atomic E-state index is 0.237. The largest absolute Gasteiger partial charge is 0.369 e. The van der Waals surface area contributed by atoms with Gasteiger partial charge in [-0.15, -0.1) is 0 Å². The van der Waals surface area contributed by atoms with Crippen molar-refractivity contribution in [3.05, 3.63) is 58.9 Å². The second-order valence-corrected chi connectivity index (χ2v) is 7.54. The number of halogens is 2. The molecule has 2 aromatic rings. The lowest BCUT2D eigenvalue weighted by atomic mass is 10.1. The first-order valence-electron chi connectivity index (χ1n) is 9.91. The number of rotatable bonds is 5. The van der Waals surface area contributed by atoms with Crippen LogP contribution in [0.25, 0.3) is 0 Å². The van der Waals surface area contributed by atoms with Crippen LogP contribution in [0.3, 0.4) is 0 Å². The van der Waals surface area contributed by atoms with Gasteiger partial charge < -0.3 is 15.5 Å². The first-order valence-corrected chi connectivity index (χ1v) is 10.3. The first kappa shape index (κ1) is 21.1. The minimum atomic E-state index is -0.441. The van der Waals surface area contributed by atoms with Crippen molar-refractivity contribution < 1.29 is 14.0 Å². The minimum Gasteiger partial charge on any atom is -0.369 e. The molecular formula is C22H25ClFN3O2. The van der Waals surface area contributed by atoms with E-state index in [1.807, 2.05) is 0 Å². The molecule has 0 atom stereocenters. The molecule has 0 aliphatic carbocycles. The summed E-state index contributed by atoms with van der Waals surface area (Å²) in [6.07, 6.45) is 5.71. The van der Waals surface area contributed by atoms with Crippen LogP contribution < -0.4 is 15.5 Å². The molecule has 2 amide bonds. The molecule has 2 aromatic carbocycles. The van der Waals surface area contributed by atoms with Gasteiger partial charge in [-0.2, -0.15) is 0 Å². The van der Waals surface area contributed by atoms with Crippen LogP contribution in [-0.2, 0) is 4.79 Å². The number of anilines is 2. The number of hydrogen-bond donors (Lipinski definition) is 2. The second kappa shape index (κ2) is 10.3. The predicted molar refractivity (Wildman–Crippen MR) is 114 cm³/mol. The third kappa shape index (κ3) is 5.94. The van der Waals surface area contributed by atoms with Gasteiger partial charge in [-0.1, -0.05) is 43.0 Å². The molecule has 0 spiro atoms. The third-order valence-corrected chi connectivity index (χ3v) is 5.29. The monoisotopic (exact) mass is 417 g/mol. The summed E-state index contributed by atoms with van der Waals surface area (Å²) in [6, 6.07) is 11.3. The van der Waals surface area contributed by atoms with E-state index in [0.29, 0.717) is 22.0 Å². The van der Waals surface area contributed by atoms with Crippen LogP contribution >= 0.6 is 11.6 Å². The number of benzene rings is 2. The SMILES string of the molecule is O=C(CNC(=O)c1ccccc1Cl)Nc1ccc(N2CCCCCCC2)c(F)c1. The summed E-state index contributed by atoms with van der Waals surface area (Å²) in [4.78, 5) is 26.3. The lowest BCUT2D eigenvalue weighted by molar-refractivity contribution is -0.115. The summed E-state index contributed by atoms with van der Waals surface area (Å²) in [5.41, 5.74) is 1.22. The van der Waals surface area contributed by atoms with Crippen molar-refractivity contribution in [2.75, 3.05) is 29.9 Å². The van der Waals surface area contributed by atoms with E-state index in [0.717, 1.165) is 25.9 Å². The van der Waals surface area contributed by atoms with E-state index in [2.05, 4.69) is 15.5 Å². The van der Waals surface area contributed by atoms with Crippen molar-refractivity contribution in [3.8, 4) is 0 Å². The van der Waals surface area contributed by atoms with Crippen LogP contribution in [0.5, 0.6) is 0 Å². The zero-order valence-corrected chi connectivity index (χ0v) is 17.0. The quantitative estimate of drug-likeness (QED) is 0.746. The number of nitrogens with one attached hydrogen (secondary N) is 2. The van der Waals surface area contributed by atoms with Crippen molar-refractivity contribution in [3.63, 3.8) is 0 Å². The van der Waals surface area contributed by atoms with Gasteiger partial charge in [-0.25, -0.2) is 4.39 Å². The maximum absolute atomic E-state index is 14.6. The van der Waals surface area contributed by atoms with Crippen LogP contribution in [0.4, 0.5) is 15.8 Å². The van der Waals surface area contributed by atoms with E-state index in [9.17, 15) is 14.0 Å². The molecule has 0 aromatic heterocycles. The predicted octanol–water partition coefficient (Wildman–Crippen LogP) is 4.62. The van der Waals surface area contributed by atoms with Gasteiger partial charge in [-0.05, 0) is 43.2 Å². The lowest BCUT2D eigenvalue weighted by Crippen LogP contribution is -2.33. The first-order chi connectivity index (χ1) is 14.0. The zero-order chi connectivity index (χ0) is 20.6. The van der Waals surface area contributed by atoms with Crippen LogP contribution in [0.1, 0.15) is 42.5 Å². The Morgan fingerprint density at radius 1 is 1.00 bits per heavy atom. The molecule has 1 aliphatic rings. The average Bonchev–Trinajstić information content (AvgIpc) is 2.67. The molecule has 5 nitrogen and oxygen atoms in total. The van der Waals surface area contributed by atoms with E-state index in [1.165, 1.54) is 25.3 Å². The van der Waals surface area contributed by atoms with E-state index >= 15 is 0 Å².